The molecule has 0 aliphatic carbocycles. The van der Waals surface area contributed by atoms with E-state index in [-0.39, 0.29) is 6.04 Å². The fourth-order valence-electron chi connectivity index (χ4n) is 2.86. The van der Waals surface area contributed by atoms with E-state index >= 15 is 0 Å². The van der Waals surface area contributed by atoms with Crippen molar-refractivity contribution < 1.29 is 0 Å². The van der Waals surface area contributed by atoms with Gasteiger partial charge in [0, 0.05) is 19.1 Å². The van der Waals surface area contributed by atoms with Crippen molar-refractivity contribution in [2.24, 2.45) is 0 Å². The van der Waals surface area contributed by atoms with E-state index in [1.807, 2.05) is 24.3 Å². The molecular weight excluding hydrogens is 303 g/mol. The largest absolute Gasteiger partial charge is 0.360 e. The van der Waals surface area contributed by atoms with Crippen LogP contribution in [0.1, 0.15) is 18.5 Å². The molecule has 2 atom stereocenters. The van der Waals surface area contributed by atoms with E-state index in [9.17, 15) is 0 Å². The summed E-state index contributed by atoms with van der Waals surface area (Å²) in [6.45, 7) is 3.99. The number of piperazine rings is 1. The van der Waals surface area contributed by atoms with E-state index in [1.54, 1.807) is 0 Å². The van der Waals surface area contributed by atoms with E-state index in [0.29, 0.717) is 16.1 Å². The Balaban J connectivity index is 2.01. The van der Waals surface area contributed by atoms with Crippen LogP contribution in [0.15, 0.2) is 48.5 Å². The molecule has 1 fully saturated rings. The first-order valence-corrected chi connectivity index (χ1v) is 7.91. The average molecular weight is 321 g/mol. The first-order chi connectivity index (χ1) is 10.2. The van der Waals surface area contributed by atoms with Crippen molar-refractivity contribution >= 4 is 28.9 Å². The van der Waals surface area contributed by atoms with Crippen LogP contribution in [0.2, 0.25) is 10.0 Å². The molecule has 1 aliphatic rings. The van der Waals surface area contributed by atoms with Crippen molar-refractivity contribution in [2.45, 2.75) is 19.0 Å². The lowest BCUT2D eigenvalue weighted by molar-refractivity contribution is 0.416. The van der Waals surface area contributed by atoms with E-state index in [1.165, 1.54) is 5.56 Å². The van der Waals surface area contributed by atoms with E-state index in [4.69, 9.17) is 23.2 Å². The molecule has 1 heterocycles. The Bertz CT molecular complexity index is 615. The highest BCUT2D eigenvalue weighted by Crippen LogP contribution is 2.37. The van der Waals surface area contributed by atoms with Crippen molar-refractivity contribution in [1.29, 1.82) is 0 Å². The van der Waals surface area contributed by atoms with E-state index in [2.05, 4.69) is 41.4 Å². The zero-order chi connectivity index (χ0) is 14.8. The smallest absolute Gasteiger partial charge is 0.0825 e. The Labute approximate surface area is 135 Å². The van der Waals surface area contributed by atoms with E-state index in [0.717, 1.165) is 18.8 Å². The van der Waals surface area contributed by atoms with Crippen molar-refractivity contribution in [3.63, 3.8) is 0 Å². The third-order valence-corrected chi connectivity index (χ3v) is 4.74. The second-order valence-corrected chi connectivity index (χ2v) is 6.25. The molecule has 2 aromatic carbocycles. The fourth-order valence-corrected chi connectivity index (χ4v) is 3.27. The molecule has 1 N–H and O–H groups in total. The Morgan fingerprint density at radius 3 is 2.57 bits per heavy atom. The molecule has 3 rings (SSSR count). The normalized spacial score (nSPS) is 22.3. The minimum absolute atomic E-state index is 0.262. The second kappa shape index (κ2) is 6.27. The van der Waals surface area contributed by atoms with Gasteiger partial charge in [-0.1, -0.05) is 59.6 Å². The Hall–Kier alpha value is -1.22. The molecule has 0 bridgehead atoms. The zero-order valence-electron chi connectivity index (χ0n) is 11.9. The van der Waals surface area contributed by atoms with Crippen LogP contribution < -0.4 is 10.2 Å². The van der Waals surface area contributed by atoms with Crippen LogP contribution in [0.3, 0.4) is 0 Å². The van der Waals surface area contributed by atoms with Gasteiger partial charge in [0.25, 0.3) is 0 Å². The predicted octanol–water partition coefficient (Wildman–Crippen LogP) is 4.53. The monoisotopic (exact) mass is 320 g/mol. The number of rotatable bonds is 2. The summed E-state index contributed by atoms with van der Waals surface area (Å²) in [6.07, 6.45) is 0. The molecule has 2 aromatic rings. The molecule has 0 aromatic heterocycles. The lowest BCUT2D eigenvalue weighted by atomic mass is 10.0. The lowest BCUT2D eigenvalue weighted by Gasteiger charge is -2.41. The van der Waals surface area contributed by atoms with Gasteiger partial charge in [0.05, 0.1) is 21.8 Å². The van der Waals surface area contributed by atoms with Crippen LogP contribution in [0.25, 0.3) is 0 Å². The predicted molar refractivity (Wildman–Crippen MR) is 90.5 cm³/mol. The Morgan fingerprint density at radius 1 is 1.05 bits per heavy atom. The Morgan fingerprint density at radius 2 is 1.81 bits per heavy atom. The molecule has 0 spiro atoms. The molecule has 110 valence electrons. The van der Waals surface area contributed by atoms with Gasteiger partial charge in [0.1, 0.15) is 0 Å². The third kappa shape index (κ3) is 3.03. The van der Waals surface area contributed by atoms with Gasteiger partial charge in [-0.15, -0.1) is 0 Å². The van der Waals surface area contributed by atoms with Gasteiger partial charge < -0.3 is 10.2 Å². The van der Waals surface area contributed by atoms with Gasteiger partial charge in [-0.25, -0.2) is 0 Å². The Kier molecular flexibility index (Phi) is 4.39. The van der Waals surface area contributed by atoms with Crippen LogP contribution in [0.4, 0.5) is 5.69 Å². The quantitative estimate of drug-likeness (QED) is 0.874. The molecule has 1 saturated heterocycles. The second-order valence-electron chi connectivity index (χ2n) is 5.46. The summed E-state index contributed by atoms with van der Waals surface area (Å²) in [6, 6.07) is 17.0. The number of anilines is 1. The van der Waals surface area contributed by atoms with Gasteiger partial charge >= 0.3 is 0 Å². The van der Waals surface area contributed by atoms with Crippen molar-refractivity contribution in [3.8, 4) is 0 Å². The summed E-state index contributed by atoms with van der Waals surface area (Å²) in [5, 5.41) is 4.78. The maximum atomic E-state index is 6.43. The number of hydrogen-bond acceptors (Lipinski definition) is 2. The van der Waals surface area contributed by atoms with Crippen molar-refractivity contribution in [3.05, 3.63) is 64.1 Å². The van der Waals surface area contributed by atoms with Gasteiger partial charge in [-0.2, -0.15) is 0 Å². The highest BCUT2D eigenvalue weighted by Gasteiger charge is 2.28. The topological polar surface area (TPSA) is 15.3 Å². The fraction of sp³-hybridized carbons (Fsp3) is 0.294. The molecule has 0 radical (unpaired) electrons. The summed E-state index contributed by atoms with van der Waals surface area (Å²) < 4.78 is 0. The summed E-state index contributed by atoms with van der Waals surface area (Å²) >= 11 is 12.6. The highest BCUT2D eigenvalue weighted by atomic mass is 35.5. The van der Waals surface area contributed by atoms with Gasteiger partial charge in [0.15, 0.2) is 0 Å². The first kappa shape index (κ1) is 14.7. The number of benzene rings is 2. The van der Waals surface area contributed by atoms with Crippen LogP contribution in [-0.4, -0.2) is 19.1 Å². The molecule has 2 unspecified atom stereocenters. The molecular formula is C17H18Cl2N2. The van der Waals surface area contributed by atoms with Crippen LogP contribution >= 0.6 is 23.2 Å². The highest BCUT2D eigenvalue weighted by molar-refractivity contribution is 6.43. The first-order valence-electron chi connectivity index (χ1n) is 7.16. The summed E-state index contributed by atoms with van der Waals surface area (Å²) in [4.78, 5) is 2.35. The van der Waals surface area contributed by atoms with Crippen molar-refractivity contribution in [2.75, 3.05) is 18.0 Å². The molecule has 0 saturated carbocycles. The number of nitrogens with zero attached hydrogens (tertiary/aromatic N) is 1. The van der Waals surface area contributed by atoms with E-state index < -0.39 is 0 Å². The number of nitrogens with one attached hydrogen (secondary N) is 1. The molecule has 4 heteroatoms. The minimum Gasteiger partial charge on any atom is -0.360 e. The zero-order valence-corrected chi connectivity index (χ0v) is 13.4. The van der Waals surface area contributed by atoms with Gasteiger partial charge in [-0.05, 0) is 24.6 Å². The average Bonchev–Trinajstić information content (AvgIpc) is 2.51. The molecule has 21 heavy (non-hydrogen) atoms. The van der Waals surface area contributed by atoms with Gasteiger partial charge in [-0.3, -0.25) is 0 Å². The summed E-state index contributed by atoms with van der Waals surface area (Å²) in [5.41, 5.74) is 2.29. The molecule has 2 nitrogen and oxygen atoms in total. The minimum atomic E-state index is 0.262. The van der Waals surface area contributed by atoms with Crippen LogP contribution in [0, 0.1) is 0 Å². The lowest BCUT2D eigenvalue weighted by Crippen LogP contribution is -2.51. The van der Waals surface area contributed by atoms with Gasteiger partial charge in [0.2, 0.25) is 0 Å². The SMILES string of the molecule is CC1CN(c2cccc(Cl)c2Cl)C(c2ccccc2)CN1. The molecule has 1 aliphatic heterocycles. The number of hydrogen-bond donors (Lipinski definition) is 1. The van der Waals surface area contributed by atoms with Crippen molar-refractivity contribution in [1.82, 2.24) is 5.32 Å². The standard InChI is InChI=1S/C17H18Cl2N2/c1-12-11-21(15-9-5-8-14(18)17(15)19)16(10-20-12)13-6-3-2-4-7-13/h2-9,12,16,20H,10-11H2,1H3. The molecule has 0 amide bonds. The summed E-state index contributed by atoms with van der Waals surface area (Å²) in [5.74, 6) is 0. The number of halogens is 2. The van der Waals surface area contributed by atoms with Crippen LogP contribution in [0.5, 0.6) is 0 Å². The van der Waals surface area contributed by atoms with Crippen LogP contribution in [-0.2, 0) is 0 Å². The maximum Gasteiger partial charge on any atom is 0.0825 e. The third-order valence-electron chi connectivity index (χ3n) is 3.93. The maximum absolute atomic E-state index is 6.43. The summed E-state index contributed by atoms with van der Waals surface area (Å²) in [7, 11) is 0.